The Morgan fingerprint density at radius 1 is 0.886 bits per heavy atom. The highest BCUT2D eigenvalue weighted by atomic mass is 16.5. The second-order valence-corrected chi connectivity index (χ2v) is 8.54. The average Bonchev–Trinajstić information content (AvgIpc) is 2.92. The molecular formula is C30H30N2O3. The number of hydrogen-bond acceptors (Lipinski definition) is 4. The molecule has 1 saturated heterocycles. The van der Waals surface area contributed by atoms with Crippen molar-refractivity contribution in [2.45, 2.75) is 18.4 Å². The third-order valence-corrected chi connectivity index (χ3v) is 6.29. The lowest BCUT2D eigenvalue weighted by atomic mass is 9.89. The fourth-order valence-electron chi connectivity index (χ4n) is 4.48. The Morgan fingerprint density at radius 2 is 1.46 bits per heavy atom. The molecule has 0 radical (unpaired) electrons. The van der Waals surface area contributed by atoms with Crippen molar-refractivity contribution >= 4 is 11.9 Å². The van der Waals surface area contributed by atoms with Gasteiger partial charge in [-0.2, -0.15) is 0 Å². The number of rotatable bonds is 6. The van der Waals surface area contributed by atoms with E-state index in [1.165, 1.54) is 7.11 Å². The minimum absolute atomic E-state index is 0.0821. The third-order valence-electron chi connectivity index (χ3n) is 6.29. The van der Waals surface area contributed by atoms with Crippen molar-refractivity contribution in [1.82, 2.24) is 9.80 Å². The zero-order valence-corrected chi connectivity index (χ0v) is 20.0. The van der Waals surface area contributed by atoms with Crippen LogP contribution in [0, 0.1) is 11.8 Å². The Bertz CT molecular complexity index is 1130. The van der Waals surface area contributed by atoms with Crippen LogP contribution in [0.25, 0.3) is 0 Å². The van der Waals surface area contributed by atoms with Gasteiger partial charge in [0.05, 0.1) is 13.0 Å². The van der Waals surface area contributed by atoms with Gasteiger partial charge in [-0.25, -0.2) is 4.79 Å². The fourth-order valence-corrected chi connectivity index (χ4v) is 4.48. The third kappa shape index (κ3) is 6.17. The van der Waals surface area contributed by atoms with Gasteiger partial charge >= 0.3 is 5.97 Å². The monoisotopic (exact) mass is 466 g/mol. The smallest absolute Gasteiger partial charge is 0.329 e. The topological polar surface area (TPSA) is 49.9 Å². The molecule has 3 aromatic rings. The van der Waals surface area contributed by atoms with Gasteiger partial charge in [0, 0.05) is 38.2 Å². The molecule has 3 aromatic carbocycles. The molecule has 0 saturated carbocycles. The molecule has 5 nitrogen and oxygen atoms in total. The van der Waals surface area contributed by atoms with Gasteiger partial charge in [0.15, 0.2) is 0 Å². The Morgan fingerprint density at radius 3 is 2.03 bits per heavy atom. The molecule has 4 rings (SSSR count). The van der Waals surface area contributed by atoms with Crippen molar-refractivity contribution in [3.63, 3.8) is 0 Å². The fraction of sp³-hybridized carbons (Fsp3) is 0.267. The lowest BCUT2D eigenvalue weighted by molar-refractivity contribution is -0.156. The maximum atomic E-state index is 13.9. The van der Waals surface area contributed by atoms with Crippen LogP contribution >= 0.6 is 0 Å². The maximum Gasteiger partial charge on any atom is 0.329 e. The first-order valence-electron chi connectivity index (χ1n) is 11.9. The summed E-state index contributed by atoms with van der Waals surface area (Å²) in [5, 5.41) is 0. The quantitative estimate of drug-likeness (QED) is 0.408. The molecule has 178 valence electrons. The first-order chi connectivity index (χ1) is 17.2. The van der Waals surface area contributed by atoms with Gasteiger partial charge in [-0.15, -0.1) is 0 Å². The molecule has 0 aromatic heterocycles. The minimum Gasteiger partial charge on any atom is -0.467 e. The van der Waals surface area contributed by atoms with Crippen LogP contribution in [0.15, 0.2) is 91.0 Å². The number of hydrogen-bond donors (Lipinski definition) is 0. The summed E-state index contributed by atoms with van der Waals surface area (Å²) < 4.78 is 5.11. The molecule has 0 aliphatic carbocycles. The number of esters is 1. The van der Waals surface area contributed by atoms with Gasteiger partial charge in [-0.05, 0) is 23.3 Å². The predicted molar refractivity (Wildman–Crippen MR) is 137 cm³/mol. The first kappa shape index (κ1) is 24.3. The summed E-state index contributed by atoms with van der Waals surface area (Å²) >= 11 is 0. The Balaban J connectivity index is 1.50. The van der Waals surface area contributed by atoms with Crippen LogP contribution in [0.4, 0.5) is 0 Å². The van der Waals surface area contributed by atoms with Crippen LogP contribution in [0.1, 0.15) is 29.0 Å². The second kappa shape index (κ2) is 12.0. The van der Waals surface area contributed by atoms with E-state index < -0.39 is 17.9 Å². The molecular weight excluding hydrogens is 436 g/mol. The van der Waals surface area contributed by atoms with E-state index in [0.717, 1.165) is 23.2 Å². The molecule has 1 aliphatic heterocycles. The van der Waals surface area contributed by atoms with Gasteiger partial charge in [0.2, 0.25) is 5.91 Å². The van der Waals surface area contributed by atoms with Crippen LogP contribution in [-0.4, -0.2) is 61.0 Å². The van der Waals surface area contributed by atoms with Crippen LogP contribution in [-0.2, 0) is 14.3 Å². The Labute approximate surface area is 207 Å². The first-order valence-corrected chi connectivity index (χ1v) is 11.9. The molecule has 0 bridgehead atoms. The number of nitrogens with zero attached hydrogens (tertiary/aromatic N) is 2. The Hall–Kier alpha value is -3.88. The van der Waals surface area contributed by atoms with Crippen molar-refractivity contribution < 1.29 is 14.3 Å². The zero-order valence-electron chi connectivity index (χ0n) is 20.0. The predicted octanol–water partition coefficient (Wildman–Crippen LogP) is 3.95. The Kier molecular flexibility index (Phi) is 8.32. The van der Waals surface area contributed by atoms with E-state index >= 15 is 0 Å². The molecule has 35 heavy (non-hydrogen) atoms. The summed E-state index contributed by atoms with van der Waals surface area (Å²) in [6, 6.07) is 28.7. The molecule has 1 fully saturated rings. The van der Waals surface area contributed by atoms with Crippen molar-refractivity contribution in [1.29, 1.82) is 0 Å². The summed E-state index contributed by atoms with van der Waals surface area (Å²) in [5.74, 6) is 5.44. The van der Waals surface area contributed by atoms with Crippen molar-refractivity contribution in [3.8, 4) is 11.8 Å². The number of piperazine rings is 1. The summed E-state index contributed by atoms with van der Waals surface area (Å²) in [6.07, 6.45) is 0.688. The molecule has 0 unspecified atom stereocenters. The normalized spacial score (nSPS) is 15.8. The number of ether oxygens (including phenoxy) is 1. The van der Waals surface area contributed by atoms with Gasteiger partial charge in [-0.1, -0.05) is 90.7 Å². The van der Waals surface area contributed by atoms with Crippen LogP contribution in [0.5, 0.6) is 0 Å². The average molecular weight is 467 g/mol. The lowest BCUT2D eigenvalue weighted by Crippen LogP contribution is -2.59. The molecule has 5 heteroatoms. The molecule has 0 spiro atoms. The zero-order chi connectivity index (χ0) is 24.5. The lowest BCUT2D eigenvalue weighted by Gasteiger charge is -2.41. The van der Waals surface area contributed by atoms with Gasteiger partial charge < -0.3 is 9.64 Å². The molecule has 1 atom stereocenters. The summed E-state index contributed by atoms with van der Waals surface area (Å²) in [6.45, 7) is 2.31. The highest BCUT2D eigenvalue weighted by Crippen LogP contribution is 2.29. The molecule has 1 heterocycles. The van der Waals surface area contributed by atoms with Gasteiger partial charge in [0.1, 0.15) is 6.04 Å². The van der Waals surface area contributed by atoms with E-state index in [2.05, 4.69) is 16.7 Å². The minimum atomic E-state index is -0.654. The van der Waals surface area contributed by atoms with E-state index in [9.17, 15) is 9.59 Å². The standard InChI is InChI=1S/C30H30N2O3/c1-35-30(34)27-23-31(20-12-11-15-24-13-5-2-6-14-24)21-22-32(27)29(33)28(25-16-7-3-8-17-25)26-18-9-4-10-19-26/h2-10,13-14,16-19,27-28H,12,20-23H2,1H3/t27-/m0/s1. The largest absolute Gasteiger partial charge is 0.467 e. The second-order valence-electron chi connectivity index (χ2n) is 8.54. The van der Waals surface area contributed by atoms with E-state index in [-0.39, 0.29) is 5.91 Å². The summed E-state index contributed by atoms with van der Waals surface area (Å²) in [7, 11) is 1.38. The molecule has 1 amide bonds. The number of benzene rings is 3. The van der Waals surface area contributed by atoms with Crippen molar-refractivity contribution in [2.24, 2.45) is 0 Å². The van der Waals surface area contributed by atoms with Crippen molar-refractivity contribution in [3.05, 3.63) is 108 Å². The van der Waals surface area contributed by atoms with Crippen molar-refractivity contribution in [2.75, 3.05) is 33.3 Å². The van der Waals surface area contributed by atoms with Gasteiger partial charge in [-0.3, -0.25) is 9.69 Å². The highest BCUT2D eigenvalue weighted by Gasteiger charge is 2.39. The SMILES string of the molecule is COC(=O)[C@@H]1CN(CCC#Cc2ccccc2)CCN1C(=O)C(c1ccccc1)c1ccccc1. The molecule has 0 N–H and O–H groups in total. The highest BCUT2D eigenvalue weighted by molar-refractivity contribution is 5.91. The summed E-state index contributed by atoms with van der Waals surface area (Å²) in [4.78, 5) is 30.6. The van der Waals surface area contributed by atoms with Crippen LogP contribution in [0.3, 0.4) is 0 Å². The van der Waals surface area contributed by atoms with E-state index in [0.29, 0.717) is 26.1 Å². The summed E-state index contributed by atoms with van der Waals surface area (Å²) in [5.41, 5.74) is 2.81. The van der Waals surface area contributed by atoms with Gasteiger partial charge in [0.25, 0.3) is 0 Å². The van der Waals surface area contributed by atoms with Crippen LogP contribution in [0.2, 0.25) is 0 Å². The number of methoxy groups -OCH3 is 1. The number of amides is 1. The number of carbonyl (C=O) groups is 2. The van der Waals surface area contributed by atoms with E-state index in [4.69, 9.17) is 4.74 Å². The number of carbonyl (C=O) groups excluding carboxylic acids is 2. The van der Waals surface area contributed by atoms with E-state index in [1.807, 2.05) is 91.0 Å². The molecule has 1 aliphatic rings. The maximum absolute atomic E-state index is 13.9. The van der Waals surface area contributed by atoms with Crippen LogP contribution < -0.4 is 0 Å². The van der Waals surface area contributed by atoms with E-state index in [1.54, 1.807) is 4.90 Å².